The number of hydrogen-bond acceptors (Lipinski definition) is 5. The van der Waals surface area contributed by atoms with E-state index in [1.54, 1.807) is 18.2 Å². The zero-order chi connectivity index (χ0) is 26.1. The van der Waals surface area contributed by atoms with E-state index in [-0.39, 0.29) is 17.5 Å². The van der Waals surface area contributed by atoms with E-state index >= 15 is 0 Å². The number of rotatable bonds is 6. The van der Waals surface area contributed by atoms with Gasteiger partial charge in [-0.15, -0.1) is 0 Å². The van der Waals surface area contributed by atoms with Crippen LogP contribution in [0, 0.1) is 18.8 Å². The van der Waals surface area contributed by atoms with E-state index in [9.17, 15) is 14.7 Å². The lowest BCUT2D eigenvalue weighted by atomic mass is 10.1. The van der Waals surface area contributed by atoms with E-state index in [1.165, 1.54) is 17.6 Å². The van der Waals surface area contributed by atoms with Crippen molar-refractivity contribution in [3.05, 3.63) is 70.1 Å². The number of carbonyl (C=O) groups is 2. The van der Waals surface area contributed by atoms with E-state index in [1.807, 2.05) is 17.7 Å². The highest BCUT2D eigenvalue weighted by molar-refractivity contribution is 6.13. The van der Waals surface area contributed by atoms with Gasteiger partial charge in [0.05, 0.1) is 29.4 Å². The summed E-state index contributed by atoms with van der Waals surface area (Å²) in [6.45, 7) is 7.61. The predicted octanol–water partition coefficient (Wildman–Crippen LogP) is 4.21. The summed E-state index contributed by atoms with van der Waals surface area (Å²) in [6.07, 6.45) is 4.98. The number of aryl methyl sites for hydroxylation is 1. The lowest BCUT2D eigenvalue weighted by Crippen LogP contribution is -2.37. The Morgan fingerprint density at radius 3 is 2.71 bits per heavy atom. The molecule has 2 saturated carbocycles. The molecular formula is C30H31N5O3. The van der Waals surface area contributed by atoms with Gasteiger partial charge < -0.3 is 19.9 Å². The van der Waals surface area contributed by atoms with Crippen molar-refractivity contribution < 1.29 is 14.7 Å². The molecule has 3 fully saturated rings. The van der Waals surface area contributed by atoms with Gasteiger partial charge in [-0.3, -0.25) is 9.79 Å². The van der Waals surface area contributed by atoms with Gasteiger partial charge in [0.25, 0.3) is 5.91 Å². The molecule has 0 spiro atoms. The largest absolute Gasteiger partial charge is 0.478 e. The third kappa shape index (κ3) is 3.81. The standard InChI is InChI=1S/C30H31N5O3/c1-16-11-31-28-22(16)5-6-25(28)33-29(36)24-15-34(26-7-3-18(30(37)38)10-23(24)26)12-19-4-8-27(32-17(19)2)35-13-20-9-21(20)14-35/h3-4,7-8,10,15,20-21,25H,5-6,9,11-14H2,1-2H3,(H,33,36)(H,37,38)/t20?,21?,25-/m1/s1. The van der Waals surface area contributed by atoms with Crippen LogP contribution in [0.3, 0.4) is 0 Å². The molecular weight excluding hydrogens is 478 g/mol. The fraction of sp³-hybridized carbons (Fsp3) is 0.400. The molecule has 2 unspecified atom stereocenters. The zero-order valence-electron chi connectivity index (χ0n) is 21.7. The third-order valence-electron chi connectivity index (χ3n) is 8.83. The Morgan fingerprint density at radius 1 is 1.13 bits per heavy atom. The van der Waals surface area contributed by atoms with Gasteiger partial charge in [0.2, 0.25) is 0 Å². The predicted molar refractivity (Wildman–Crippen MR) is 146 cm³/mol. The van der Waals surface area contributed by atoms with Crippen LogP contribution >= 0.6 is 0 Å². The normalized spacial score (nSPS) is 23.6. The van der Waals surface area contributed by atoms with Crippen LogP contribution in [-0.2, 0) is 6.54 Å². The van der Waals surface area contributed by atoms with Crippen molar-refractivity contribution in [3.63, 3.8) is 0 Å². The zero-order valence-corrected chi connectivity index (χ0v) is 21.7. The molecule has 2 aliphatic heterocycles. The van der Waals surface area contributed by atoms with Gasteiger partial charge in [0, 0.05) is 42.4 Å². The molecule has 38 heavy (non-hydrogen) atoms. The summed E-state index contributed by atoms with van der Waals surface area (Å²) in [6, 6.07) is 9.12. The molecule has 1 saturated heterocycles. The molecule has 3 atom stereocenters. The fourth-order valence-electron chi connectivity index (χ4n) is 6.51. The number of carbonyl (C=O) groups excluding carboxylic acids is 1. The first-order valence-electron chi connectivity index (χ1n) is 13.5. The van der Waals surface area contributed by atoms with Crippen molar-refractivity contribution in [1.29, 1.82) is 0 Å². The first-order valence-corrected chi connectivity index (χ1v) is 13.5. The van der Waals surface area contributed by atoms with Crippen molar-refractivity contribution in [1.82, 2.24) is 14.9 Å². The summed E-state index contributed by atoms with van der Waals surface area (Å²) in [5.74, 6) is 1.52. The number of pyridine rings is 1. The molecule has 2 aliphatic carbocycles. The molecule has 2 N–H and O–H groups in total. The maximum absolute atomic E-state index is 13.6. The smallest absolute Gasteiger partial charge is 0.335 e. The highest BCUT2D eigenvalue weighted by Gasteiger charge is 2.45. The molecule has 1 aromatic carbocycles. The molecule has 8 nitrogen and oxygen atoms in total. The lowest BCUT2D eigenvalue weighted by Gasteiger charge is -2.20. The quantitative estimate of drug-likeness (QED) is 0.519. The van der Waals surface area contributed by atoms with E-state index in [0.29, 0.717) is 24.0 Å². The third-order valence-corrected chi connectivity index (χ3v) is 8.83. The number of fused-ring (bicyclic) bond motifs is 3. The molecule has 4 heterocycles. The Labute approximate surface area is 221 Å². The van der Waals surface area contributed by atoms with Gasteiger partial charge in [0.1, 0.15) is 5.82 Å². The van der Waals surface area contributed by atoms with Crippen LogP contribution in [0.4, 0.5) is 5.82 Å². The molecule has 8 heteroatoms. The summed E-state index contributed by atoms with van der Waals surface area (Å²) in [7, 11) is 0. The van der Waals surface area contributed by atoms with Crippen LogP contribution in [0.25, 0.3) is 10.9 Å². The number of piperidine rings is 1. The number of carboxylic acid groups (broad SMARTS) is 1. The minimum atomic E-state index is -1.01. The molecule has 4 aliphatic rings. The molecule has 0 bridgehead atoms. The highest BCUT2D eigenvalue weighted by Crippen LogP contribution is 2.46. The van der Waals surface area contributed by atoms with Crippen molar-refractivity contribution in [2.45, 2.75) is 45.7 Å². The highest BCUT2D eigenvalue weighted by atomic mass is 16.4. The van der Waals surface area contributed by atoms with Crippen LogP contribution in [0.1, 0.15) is 58.2 Å². The fourth-order valence-corrected chi connectivity index (χ4v) is 6.51. The van der Waals surface area contributed by atoms with Gasteiger partial charge in [0.15, 0.2) is 0 Å². The summed E-state index contributed by atoms with van der Waals surface area (Å²) < 4.78 is 2.03. The molecule has 7 rings (SSSR count). The summed E-state index contributed by atoms with van der Waals surface area (Å²) in [5.41, 5.74) is 7.08. The van der Waals surface area contributed by atoms with Crippen LogP contribution in [0.2, 0.25) is 0 Å². The van der Waals surface area contributed by atoms with Gasteiger partial charge in [-0.05, 0) is 85.9 Å². The average Bonchev–Trinajstić information content (AvgIpc) is 3.28. The Balaban J connectivity index is 1.19. The van der Waals surface area contributed by atoms with E-state index < -0.39 is 5.97 Å². The number of aromatic carboxylic acids is 1. The Bertz CT molecular complexity index is 1570. The van der Waals surface area contributed by atoms with Crippen LogP contribution in [-0.4, -0.2) is 57.9 Å². The minimum Gasteiger partial charge on any atom is -0.478 e. The maximum atomic E-state index is 13.6. The number of amides is 1. The van der Waals surface area contributed by atoms with Crippen molar-refractivity contribution >= 4 is 34.3 Å². The first-order chi connectivity index (χ1) is 18.4. The number of aliphatic imine (C=N–C) groups is 1. The average molecular weight is 510 g/mol. The lowest BCUT2D eigenvalue weighted by molar-refractivity contribution is 0.0696. The second-order valence-electron chi connectivity index (χ2n) is 11.3. The monoisotopic (exact) mass is 509 g/mol. The Kier molecular flexibility index (Phi) is 5.22. The molecule has 2 aromatic heterocycles. The van der Waals surface area contributed by atoms with Gasteiger partial charge in [-0.1, -0.05) is 6.07 Å². The summed E-state index contributed by atoms with van der Waals surface area (Å²) >= 11 is 0. The van der Waals surface area contributed by atoms with Crippen molar-refractivity contribution in [2.75, 3.05) is 24.5 Å². The SMILES string of the molecule is CC1=C2CC[C@@H](NC(=O)c3cn(Cc4ccc(N5CC6CC6C5)nc4C)c4ccc(C(=O)O)cc34)C2=NC1. The number of anilines is 1. The number of benzene rings is 1. The van der Waals surface area contributed by atoms with E-state index in [0.717, 1.165) is 66.1 Å². The minimum absolute atomic E-state index is 0.105. The molecule has 3 aromatic rings. The molecule has 0 radical (unpaired) electrons. The van der Waals surface area contributed by atoms with Crippen LogP contribution < -0.4 is 10.2 Å². The van der Waals surface area contributed by atoms with Crippen LogP contribution in [0.5, 0.6) is 0 Å². The number of aromatic nitrogens is 2. The molecule has 1 amide bonds. The molecule has 194 valence electrons. The van der Waals surface area contributed by atoms with Gasteiger partial charge in [-0.2, -0.15) is 0 Å². The van der Waals surface area contributed by atoms with Crippen molar-refractivity contribution in [3.8, 4) is 0 Å². The van der Waals surface area contributed by atoms with E-state index in [2.05, 4.69) is 34.3 Å². The first kappa shape index (κ1) is 23.2. The maximum Gasteiger partial charge on any atom is 0.335 e. The topological polar surface area (TPSA) is 99.8 Å². The number of carboxylic acids is 1. The number of nitrogens with one attached hydrogen (secondary N) is 1. The number of nitrogens with zero attached hydrogens (tertiary/aromatic N) is 4. The summed E-state index contributed by atoms with van der Waals surface area (Å²) in [4.78, 5) is 37.2. The Hall–Kier alpha value is -3.94. The van der Waals surface area contributed by atoms with Crippen LogP contribution in [0.15, 0.2) is 52.7 Å². The van der Waals surface area contributed by atoms with Gasteiger partial charge in [-0.25, -0.2) is 9.78 Å². The second kappa shape index (κ2) is 8.55. The number of hydrogen-bond donors (Lipinski definition) is 2. The second-order valence-corrected chi connectivity index (χ2v) is 11.3. The van der Waals surface area contributed by atoms with E-state index in [4.69, 9.17) is 4.98 Å². The summed E-state index contributed by atoms with van der Waals surface area (Å²) in [5, 5.41) is 13.4. The van der Waals surface area contributed by atoms with Gasteiger partial charge >= 0.3 is 5.97 Å². The van der Waals surface area contributed by atoms with Crippen molar-refractivity contribution in [2.24, 2.45) is 16.8 Å². The Morgan fingerprint density at radius 2 is 1.95 bits per heavy atom.